The van der Waals surface area contributed by atoms with Crippen LogP contribution in [0.4, 0.5) is 11.4 Å². The van der Waals surface area contributed by atoms with Gasteiger partial charge in [0.25, 0.3) is 10.0 Å². The van der Waals surface area contributed by atoms with Crippen LogP contribution >= 0.6 is 0 Å². The molecule has 1 atom stereocenters. The van der Waals surface area contributed by atoms with Crippen molar-refractivity contribution < 1.29 is 26.3 Å². The number of aromatic amines is 1. The standard InChI is InChI=1S/C41H56N6O6S2/c1-6-8-10-12-14-16-22-51-36-20-18-30(3)24-38(36)53-54(48)45-34-27-33(41-43-42-40-26-32(5)44-47(40)41)28-35(29-34)46-55(49,50)39-25-31(4)19-21-37(39)52-23-17-15-13-11-9-7-2/h18-21,24-29,44-46H,6-17,22-23H2,1-5H3. The first-order valence-corrected chi connectivity index (χ1v) is 22.0. The van der Waals surface area contributed by atoms with Crippen LogP contribution in [0.3, 0.4) is 0 Å². The van der Waals surface area contributed by atoms with Crippen molar-refractivity contribution in [2.45, 2.75) is 117 Å². The highest BCUT2D eigenvalue weighted by Gasteiger charge is 2.22. The summed E-state index contributed by atoms with van der Waals surface area (Å²) in [5.74, 6) is 1.55. The van der Waals surface area contributed by atoms with E-state index >= 15 is 0 Å². The molecule has 0 aliphatic rings. The van der Waals surface area contributed by atoms with E-state index in [9.17, 15) is 12.6 Å². The number of nitrogens with one attached hydrogen (secondary N) is 3. The summed E-state index contributed by atoms with van der Waals surface area (Å²) in [6.07, 6.45) is 13.4. The number of nitrogens with zero attached hydrogens (tertiary/aromatic N) is 3. The smallest absolute Gasteiger partial charge is 0.316 e. The number of sulfonamides is 1. The highest BCUT2D eigenvalue weighted by atomic mass is 32.2. The third kappa shape index (κ3) is 12.2. The van der Waals surface area contributed by atoms with E-state index in [1.54, 1.807) is 40.9 Å². The van der Waals surface area contributed by atoms with Crippen molar-refractivity contribution in [3.8, 4) is 28.6 Å². The molecule has 3 aromatic carbocycles. The summed E-state index contributed by atoms with van der Waals surface area (Å²) >= 11 is -2.09. The van der Waals surface area contributed by atoms with E-state index in [-0.39, 0.29) is 16.3 Å². The van der Waals surface area contributed by atoms with Crippen LogP contribution in [-0.4, -0.2) is 45.7 Å². The third-order valence-corrected chi connectivity index (χ3v) is 11.3. The summed E-state index contributed by atoms with van der Waals surface area (Å²) in [5.41, 5.74) is 4.20. The van der Waals surface area contributed by atoms with E-state index in [2.05, 4.69) is 38.6 Å². The van der Waals surface area contributed by atoms with E-state index in [4.69, 9.17) is 13.7 Å². The molecule has 0 amide bonds. The number of benzene rings is 3. The van der Waals surface area contributed by atoms with E-state index < -0.39 is 21.3 Å². The molecule has 0 radical (unpaired) electrons. The second-order valence-corrected chi connectivity index (χ2v) is 16.6. The summed E-state index contributed by atoms with van der Waals surface area (Å²) in [6, 6.07) is 17.4. The molecule has 12 nitrogen and oxygen atoms in total. The molecule has 0 saturated heterocycles. The quantitative estimate of drug-likeness (QED) is 0.0523. The van der Waals surface area contributed by atoms with Gasteiger partial charge in [-0.3, -0.25) is 14.5 Å². The first-order chi connectivity index (χ1) is 26.6. The summed E-state index contributed by atoms with van der Waals surface area (Å²) in [5, 5.41) is 11.8. The fraction of sp³-hybridized carbons (Fsp3) is 0.463. The number of hydrogen-bond donors (Lipinski definition) is 3. The van der Waals surface area contributed by atoms with Crippen molar-refractivity contribution in [1.29, 1.82) is 0 Å². The molecule has 2 heterocycles. The molecule has 0 saturated carbocycles. The number of anilines is 2. The van der Waals surface area contributed by atoms with Crippen LogP contribution in [0.15, 0.2) is 65.6 Å². The fourth-order valence-electron chi connectivity index (χ4n) is 6.25. The second kappa shape index (κ2) is 20.4. The lowest BCUT2D eigenvalue weighted by Gasteiger charge is -2.16. The molecule has 0 bridgehead atoms. The molecule has 5 rings (SSSR count). The second-order valence-electron chi connectivity index (χ2n) is 14.1. The van der Waals surface area contributed by atoms with Gasteiger partial charge in [-0.25, -0.2) is 12.9 Å². The van der Waals surface area contributed by atoms with Crippen molar-refractivity contribution in [2.75, 3.05) is 22.7 Å². The van der Waals surface area contributed by atoms with Gasteiger partial charge in [0.1, 0.15) is 10.6 Å². The Bertz CT molecular complexity index is 2130. The van der Waals surface area contributed by atoms with Gasteiger partial charge in [0.05, 0.1) is 24.6 Å². The number of aryl methyl sites for hydroxylation is 3. The average molecular weight is 793 g/mol. The molecule has 0 spiro atoms. The lowest BCUT2D eigenvalue weighted by molar-refractivity contribution is 0.296. The molecular weight excluding hydrogens is 737 g/mol. The van der Waals surface area contributed by atoms with Gasteiger partial charge in [-0.2, -0.15) is 4.21 Å². The van der Waals surface area contributed by atoms with Gasteiger partial charge < -0.3 is 13.7 Å². The van der Waals surface area contributed by atoms with Crippen LogP contribution in [0, 0.1) is 20.8 Å². The van der Waals surface area contributed by atoms with Gasteiger partial charge in [0.15, 0.2) is 23.0 Å². The van der Waals surface area contributed by atoms with Gasteiger partial charge in [-0.1, -0.05) is 90.2 Å². The van der Waals surface area contributed by atoms with Crippen LogP contribution in [0.2, 0.25) is 0 Å². The van der Waals surface area contributed by atoms with Crippen LogP contribution in [-0.2, 0) is 21.3 Å². The molecule has 14 heteroatoms. The van der Waals surface area contributed by atoms with Crippen molar-refractivity contribution in [3.63, 3.8) is 0 Å². The Balaban J connectivity index is 1.37. The van der Waals surface area contributed by atoms with E-state index in [0.29, 0.717) is 47.4 Å². The normalized spacial score (nSPS) is 12.2. The minimum Gasteiger partial charge on any atom is -0.492 e. The largest absolute Gasteiger partial charge is 0.492 e. The Labute approximate surface area is 328 Å². The number of unbranched alkanes of at least 4 members (excludes halogenated alkanes) is 10. The molecule has 2 aromatic heterocycles. The molecule has 0 fully saturated rings. The molecule has 3 N–H and O–H groups in total. The number of H-pyrrole nitrogens is 1. The Morgan fingerprint density at radius 2 is 1.29 bits per heavy atom. The van der Waals surface area contributed by atoms with Gasteiger partial charge in [-0.05, 0) is 87.2 Å². The first kappa shape index (κ1) is 41.6. The van der Waals surface area contributed by atoms with Crippen LogP contribution < -0.4 is 23.1 Å². The number of ether oxygens (including phenoxy) is 2. The van der Waals surface area contributed by atoms with E-state index in [0.717, 1.165) is 48.9 Å². The van der Waals surface area contributed by atoms with Crippen molar-refractivity contribution in [2.24, 2.45) is 0 Å². The molecule has 0 aliphatic heterocycles. The molecular formula is C41H56N6O6S2. The zero-order valence-electron chi connectivity index (χ0n) is 32.8. The molecule has 55 heavy (non-hydrogen) atoms. The lowest BCUT2D eigenvalue weighted by atomic mass is 10.1. The number of fused-ring (bicyclic) bond motifs is 1. The predicted octanol–water partition coefficient (Wildman–Crippen LogP) is 10.00. The molecule has 1 unspecified atom stereocenters. The van der Waals surface area contributed by atoms with Gasteiger partial charge in [0.2, 0.25) is 0 Å². The van der Waals surface area contributed by atoms with Gasteiger partial charge in [-0.15, -0.1) is 10.2 Å². The Kier molecular flexibility index (Phi) is 15.4. The van der Waals surface area contributed by atoms with Crippen LogP contribution in [0.5, 0.6) is 17.2 Å². The average Bonchev–Trinajstić information content (AvgIpc) is 3.71. The highest BCUT2D eigenvalue weighted by Crippen LogP contribution is 2.33. The number of aromatic nitrogens is 4. The van der Waals surface area contributed by atoms with Crippen molar-refractivity contribution in [1.82, 2.24) is 19.8 Å². The maximum Gasteiger partial charge on any atom is 0.316 e. The Morgan fingerprint density at radius 3 is 1.98 bits per heavy atom. The van der Waals surface area contributed by atoms with E-state index in [1.807, 2.05) is 45.0 Å². The van der Waals surface area contributed by atoms with E-state index in [1.165, 1.54) is 44.9 Å². The fourth-order valence-corrected chi connectivity index (χ4v) is 8.16. The third-order valence-electron chi connectivity index (χ3n) is 9.13. The maximum atomic E-state index is 14.1. The Hall–Kier alpha value is -4.56. The predicted molar refractivity (Wildman–Crippen MR) is 221 cm³/mol. The zero-order valence-corrected chi connectivity index (χ0v) is 34.4. The topological polar surface area (TPSA) is 149 Å². The SMILES string of the molecule is CCCCCCCCOc1ccc(C)cc1OS(=O)Nc1cc(NS(=O)(=O)c2cc(C)ccc2OCCCCCCCC)cc(-c2nnc3cc(C)[nH]n23)c1. The molecule has 298 valence electrons. The molecule has 0 aliphatic carbocycles. The van der Waals surface area contributed by atoms with Crippen LogP contribution in [0.25, 0.3) is 17.0 Å². The van der Waals surface area contributed by atoms with Crippen molar-refractivity contribution >= 4 is 38.3 Å². The summed E-state index contributed by atoms with van der Waals surface area (Å²) < 4.78 is 67.0. The first-order valence-electron chi connectivity index (χ1n) is 19.5. The summed E-state index contributed by atoms with van der Waals surface area (Å²) in [4.78, 5) is 0.0307. The monoisotopic (exact) mass is 792 g/mol. The highest BCUT2D eigenvalue weighted by molar-refractivity contribution is 7.92. The molecule has 5 aromatic rings. The number of rotatable bonds is 24. The lowest BCUT2D eigenvalue weighted by Crippen LogP contribution is -2.16. The summed E-state index contributed by atoms with van der Waals surface area (Å²) in [6.45, 7) is 11.0. The van der Waals surface area contributed by atoms with Crippen LogP contribution in [0.1, 0.15) is 108 Å². The maximum absolute atomic E-state index is 14.1. The summed E-state index contributed by atoms with van der Waals surface area (Å²) in [7, 11) is -4.14. The van der Waals surface area contributed by atoms with Gasteiger partial charge in [0, 0.05) is 17.3 Å². The van der Waals surface area contributed by atoms with Crippen molar-refractivity contribution in [3.05, 3.63) is 77.5 Å². The minimum absolute atomic E-state index is 0.0307. The zero-order chi connectivity index (χ0) is 39.2. The number of hydrogen-bond acceptors (Lipinski definition) is 8. The minimum atomic E-state index is -4.14. The Morgan fingerprint density at radius 1 is 0.691 bits per heavy atom. The van der Waals surface area contributed by atoms with Gasteiger partial charge >= 0.3 is 11.3 Å².